The van der Waals surface area contributed by atoms with Crippen LogP contribution in [0.1, 0.15) is 100 Å². The first-order valence-electron chi connectivity index (χ1n) is 33.3. The molecule has 3 atom stereocenters. The number of aromatic nitrogens is 15. The second-order valence-corrected chi connectivity index (χ2v) is 33.1. The first kappa shape index (κ1) is 73.5. The summed E-state index contributed by atoms with van der Waals surface area (Å²) in [7, 11) is -9.61. The summed E-state index contributed by atoms with van der Waals surface area (Å²) in [4.78, 5) is 61.2. The maximum Gasteiger partial charge on any atom is 0.223 e. The lowest BCUT2D eigenvalue weighted by atomic mass is 10.0. The van der Waals surface area contributed by atoms with Gasteiger partial charge in [0, 0.05) is 50.0 Å². The number of sulfonamides is 3. The van der Waals surface area contributed by atoms with Crippen molar-refractivity contribution in [2.24, 2.45) is 0 Å². The third-order valence-corrected chi connectivity index (χ3v) is 22.9. The molecule has 12 heterocycles. The Hall–Kier alpha value is -8.77. The summed E-state index contributed by atoms with van der Waals surface area (Å²) < 4.78 is 94.6. The Kier molecular flexibility index (Phi) is 21.7. The minimum atomic E-state index is -3.22. The van der Waals surface area contributed by atoms with Crippen LogP contribution in [0.2, 0.25) is 20.9 Å². The van der Waals surface area contributed by atoms with E-state index in [4.69, 9.17) is 75.6 Å². The van der Waals surface area contributed by atoms with Gasteiger partial charge in [-0.05, 0) is 153 Å². The highest BCUT2D eigenvalue weighted by Gasteiger charge is 2.31. The molecule has 9 aromatic heterocycles. The van der Waals surface area contributed by atoms with Crippen molar-refractivity contribution in [3.8, 4) is 17.6 Å². The van der Waals surface area contributed by atoms with Gasteiger partial charge in [-0.3, -0.25) is 0 Å². The van der Waals surface area contributed by atoms with Crippen LogP contribution in [0.4, 0.5) is 17.5 Å². The number of rotatable bonds is 18. The zero-order chi connectivity index (χ0) is 73.4. The Balaban J connectivity index is 0.000000139. The second kappa shape index (κ2) is 30.7. The molecule has 0 aliphatic carbocycles. The molecule has 0 amide bonds. The molecule has 12 aromatic rings. The number of nitrogens with one attached hydrogen (secondary N) is 6. The van der Waals surface area contributed by atoms with Crippen molar-refractivity contribution >= 4 is 160 Å². The third kappa shape index (κ3) is 17.0. The van der Waals surface area contributed by atoms with Gasteiger partial charge in [-0.1, -0.05) is 60.1 Å². The smallest absolute Gasteiger partial charge is 0.223 e. The normalized spacial score (nSPS) is 16.6. The molecule has 104 heavy (non-hydrogen) atoms. The summed E-state index contributed by atoms with van der Waals surface area (Å²) in [6.45, 7) is 10.5. The number of halogens is 4. The zero-order valence-electron chi connectivity index (χ0n) is 57.3. The van der Waals surface area contributed by atoms with E-state index < -0.39 is 30.1 Å². The first-order valence-corrected chi connectivity index (χ1v) is 40.3. The molecule has 30 nitrogen and oxygen atoms in total. The lowest BCUT2D eigenvalue weighted by Crippen LogP contribution is -2.41. The monoisotopic (exact) mass is 1550 g/mol. The number of pyridine rings is 3. The highest BCUT2D eigenvalue weighted by atomic mass is 35.5. The van der Waals surface area contributed by atoms with Gasteiger partial charge in [0.25, 0.3) is 0 Å². The molecule has 3 aliphatic rings. The largest absolute Gasteiger partial charge is 0.474 e. The average Bonchev–Trinajstić information content (AvgIpc) is 1.00. The van der Waals surface area contributed by atoms with E-state index in [0.29, 0.717) is 151 Å². The molecule has 0 radical (unpaired) electrons. The Labute approximate surface area is 618 Å². The summed E-state index contributed by atoms with van der Waals surface area (Å²) in [6.07, 6.45) is 11.2. The number of hydrogen-bond acceptors (Lipinski definition) is 24. The van der Waals surface area contributed by atoms with Crippen molar-refractivity contribution in [1.29, 1.82) is 0 Å². The molecule has 0 unspecified atom stereocenters. The average molecular weight is 1550 g/mol. The fourth-order valence-electron chi connectivity index (χ4n) is 12.7. The van der Waals surface area contributed by atoms with Crippen LogP contribution >= 0.6 is 46.4 Å². The van der Waals surface area contributed by atoms with E-state index in [-0.39, 0.29) is 52.3 Å². The molecule has 3 fully saturated rings. The van der Waals surface area contributed by atoms with Gasteiger partial charge < -0.3 is 45.1 Å². The number of aryl methyl sites for hydroxylation is 1. The standard InChI is InChI=1S/C23H26ClN7O3S.C22H23Cl2N7O3S.C22H24ClN7O3S/c1-13-5-4-6-15-11-17(14(2)27-20-19-21(26-12-25-20)30-23(24)29-19)28-22(18(13)15)34-16-7-9-31(10-8-16)35(3,32)33;1-12(27-19-18-20(26-11-25-19)30-22(24)29-18)16-10-13-4-3-5-15(23)17(13)21(28-16)34-14-6-8-31(9-7-14)35(2,32)33;1-13(26-19-18-20(25-12-24-19)29-22(23)28-18)17-11-14-5-3-4-6-16(14)21(27-17)33-15-7-9-30(10-8-15)34(2,31)32/h4-6,11-12,14,16H,7-10H2,1-3H3,(H2,25,26,27,29,30);3-5,10-12,14H,6-9H2,1-2H3,(H2,25,26,27,29,30);3-6,11-13,15H,7-10H2,1-2H3,(H2,24,25,26,28,29)/t14-;12-;13-/m000/s1. The van der Waals surface area contributed by atoms with Gasteiger partial charge in [-0.25, -0.2) is 83.0 Å². The number of ether oxygens (including phenoxy) is 3. The number of H-pyrrole nitrogens is 3. The molecule has 3 saturated heterocycles. The lowest BCUT2D eigenvalue weighted by Gasteiger charge is -2.30. The van der Waals surface area contributed by atoms with Gasteiger partial charge in [-0.15, -0.1) is 0 Å². The summed E-state index contributed by atoms with van der Waals surface area (Å²) >= 11 is 24.5. The molecule has 6 N–H and O–H groups in total. The SMILES string of the molecule is C[C@H](Nc1ncnc2nc(Cl)[nH]c12)c1cc2cccc(Cl)c2c(OC2CCN(S(C)(=O)=O)CC2)n1.C[C@H](Nc1ncnc2nc(Cl)[nH]c12)c1cc2ccccc2c(OC2CCN(S(C)(=O)=O)CC2)n1.Cc1cccc2cc([C@H](C)Nc3ncnc4nc(Cl)[nH]c34)nc(OC3CCN(S(C)(=O)=O)CC3)c12. The highest BCUT2D eigenvalue weighted by molar-refractivity contribution is 7.88. The van der Waals surface area contributed by atoms with E-state index >= 15 is 0 Å². The van der Waals surface area contributed by atoms with Gasteiger partial charge >= 0.3 is 0 Å². The number of aromatic amines is 3. The number of hydrogen-bond donors (Lipinski definition) is 6. The van der Waals surface area contributed by atoms with E-state index in [1.807, 2.05) is 100 Å². The molecular formula is C67H73Cl4N21O9S3. The van der Waals surface area contributed by atoms with Crippen LogP contribution in [0.15, 0.2) is 97.8 Å². The second-order valence-electron chi connectivity index (χ2n) is 25.7. The predicted octanol–water partition coefficient (Wildman–Crippen LogP) is 11.6. The van der Waals surface area contributed by atoms with Crippen LogP contribution in [0.5, 0.6) is 17.6 Å². The van der Waals surface area contributed by atoms with Crippen molar-refractivity contribution in [2.75, 3.05) is 74.0 Å². The minimum Gasteiger partial charge on any atom is -0.474 e. The number of piperidine rings is 3. The number of nitrogens with zero attached hydrogens (tertiary/aromatic N) is 15. The van der Waals surface area contributed by atoms with Crippen LogP contribution in [-0.2, 0) is 30.1 Å². The van der Waals surface area contributed by atoms with Crippen LogP contribution in [0.25, 0.3) is 65.8 Å². The summed E-state index contributed by atoms with van der Waals surface area (Å²) in [5.41, 5.74) is 6.60. The van der Waals surface area contributed by atoms with E-state index in [2.05, 4.69) is 75.8 Å². The van der Waals surface area contributed by atoms with Crippen molar-refractivity contribution in [3.05, 3.63) is 141 Å². The fourth-order valence-corrected chi connectivity index (χ4v) is 16.1. The molecule has 3 aliphatic heterocycles. The number of anilines is 3. The van der Waals surface area contributed by atoms with Gasteiger partial charge in [0.1, 0.15) is 53.8 Å². The first-order chi connectivity index (χ1) is 49.6. The molecule has 15 rings (SSSR count). The Morgan fingerprint density at radius 1 is 0.433 bits per heavy atom. The summed E-state index contributed by atoms with van der Waals surface area (Å²) in [5.74, 6) is 3.21. The lowest BCUT2D eigenvalue weighted by molar-refractivity contribution is 0.131. The van der Waals surface area contributed by atoms with Gasteiger partial charge in [0.05, 0.1) is 64.4 Å². The topological polar surface area (TPSA) is 378 Å². The quantitative estimate of drug-likeness (QED) is 0.0435. The van der Waals surface area contributed by atoms with Gasteiger partial charge in [0.15, 0.2) is 34.4 Å². The van der Waals surface area contributed by atoms with Crippen LogP contribution in [0.3, 0.4) is 0 Å². The van der Waals surface area contributed by atoms with E-state index in [1.54, 1.807) is 6.07 Å². The molecule has 546 valence electrons. The van der Waals surface area contributed by atoms with Crippen molar-refractivity contribution in [2.45, 2.75) is 103 Å². The van der Waals surface area contributed by atoms with Crippen LogP contribution in [-0.4, -0.2) is 189 Å². The van der Waals surface area contributed by atoms with Crippen molar-refractivity contribution in [1.82, 2.24) is 87.7 Å². The Morgan fingerprint density at radius 3 is 1.17 bits per heavy atom. The van der Waals surface area contributed by atoms with Crippen molar-refractivity contribution in [3.63, 3.8) is 0 Å². The summed E-state index contributed by atoms with van der Waals surface area (Å²) in [5, 5.41) is 16.8. The maximum absolute atomic E-state index is 11.9. The Morgan fingerprint density at radius 2 is 0.769 bits per heavy atom. The Bertz CT molecular complexity index is 5300. The fraction of sp³-hybridized carbons (Fsp3) is 0.373. The molecule has 0 bridgehead atoms. The van der Waals surface area contributed by atoms with E-state index in [1.165, 1.54) is 50.7 Å². The molecule has 3 aromatic carbocycles. The van der Waals surface area contributed by atoms with Crippen LogP contribution < -0.4 is 30.2 Å². The number of benzene rings is 3. The third-order valence-electron chi connectivity index (χ3n) is 18.2. The van der Waals surface area contributed by atoms with E-state index in [0.717, 1.165) is 55.0 Å². The van der Waals surface area contributed by atoms with Crippen molar-refractivity contribution < 1.29 is 39.5 Å². The number of imidazole rings is 3. The minimum absolute atomic E-state index is 0.110. The predicted molar refractivity (Wildman–Crippen MR) is 401 cm³/mol. The molecule has 0 saturated carbocycles. The van der Waals surface area contributed by atoms with Gasteiger partial charge in [0.2, 0.25) is 63.6 Å². The summed E-state index contributed by atoms with van der Waals surface area (Å²) in [6, 6.07) is 25.0. The molecule has 0 spiro atoms. The zero-order valence-corrected chi connectivity index (χ0v) is 62.8. The molecule has 37 heteroatoms. The molecular weight excluding hydrogens is 1480 g/mol. The number of fused-ring (bicyclic) bond motifs is 6. The van der Waals surface area contributed by atoms with E-state index in [9.17, 15) is 25.3 Å². The van der Waals surface area contributed by atoms with Crippen LogP contribution in [0, 0.1) is 6.92 Å². The maximum atomic E-state index is 11.9. The highest BCUT2D eigenvalue weighted by Crippen LogP contribution is 2.38. The van der Waals surface area contributed by atoms with Gasteiger partial charge in [-0.2, -0.15) is 15.0 Å².